The number of rotatable bonds is 3. The lowest BCUT2D eigenvalue weighted by molar-refractivity contribution is -0.384. The first-order valence-corrected chi connectivity index (χ1v) is 7.82. The van der Waals surface area contributed by atoms with Crippen LogP contribution < -0.4 is 0 Å². The van der Waals surface area contributed by atoms with Crippen molar-refractivity contribution in [2.24, 2.45) is 0 Å². The van der Waals surface area contributed by atoms with Crippen molar-refractivity contribution in [3.05, 3.63) is 77.0 Å². The quantitative estimate of drug-likeness (QED) is 0.407. The maximum Gasteiger partial charge on any atom is 0.271 e. The summed E-state index contributed by atoms with van der Waals surface area (Å²) < 4.78 is 3.04. The van der Waals surface area contributed by atoms with Gasteiger partial charge >= 0.3 is 0 Å². The average molecular weight is 321 g/mol. The third-order valence-electron chi connectivity index (χ3n) is 3.58. The number of nitro groups is 1. The normalized spacial score (nSPS) is 11.0. The van der Waals surface area contributed by atoms with Gasteiger partial charge in [0.25, 0.3) is 5.69 Å². The van der Waals surface area contributed by atoms with Crippen LogP contribution in [0.5, 0.6) is 0 Å². The van der Waals surface area contributed by atoms with Crippen molar-refractivity contribution >= 4 is 27.2 Å². The van der Waals surface area contributed by atoms with Crippen LogP contribution in [-0.4, -0.2) is 14.5 Å². The van der Waals surface area contributed by atoms with Crippen molar-refractivity contribution in [1.29, 1.82) is 0 Å². The third-order valence-corrected chi connectivity index (χ3v) is 4.64. The minimum Gasteiger partial charge on any atom is -0.314 e. The summed E-state index contributed by atoms with van der Waals surface area (Å²) in [5, 5.41) is 11.9. The van der Waals surface area contributed by atoms with E-state index >= 15 is 0 Å². The number of thiazole rings is 1. The lowest BCUT2D eigenvalue weighted by Gasteiger charge is -2.07. The standard InChI is InChI=1S/C17H11N3O2S/c21-20(22)13-6-3-5-12(11-13)19-10-4-8-15(19)17-18-14-7-1-2-9-16(14)23-17/h1-11H. The Morgan fingerprint density at radius 3 is 2.74 bits per heavy atom. The van der Waals surface area contributed by atoms with Crippen LogP contribution in [0.3, 0.4) is 0 Å². The maximum atomic E-state index is 11.0. The number of hydrogen-bond acceptors (Lipinski definition) is 4. The van der Waals surface area contributed by atoms with Crippen LogP contribution >= 0.6 is 11.3 Å². The van der Waals surface area contributed by atoms with Crippen molar-refractivity contribution in [3.8, 4) is 16.4 Å². The molecule has 0 bridgehead atoms. The molecule has 4 rings (SSSR count). The number of non-ortho nitro benzene ring substituents is 1. The summed E-state index contributed by atoms with van der Waals surface area (Å²) in [7, 11) is 0. The van der Waals surface area contributed by atoms with Crippen molar-refractivity contribution in [1.82, 2.24) is 9.55 Å². The minimum atomic E-state index is -0.385. The largest absolute Gasteiger partial charge is 0.314 e. The Bertz CT molecular complexity index is 986. The van der Waals surface area contributed by atoms with Gasteiger partial charge in [-0.2, -0.15) is 0 Å². The molecule has 112 valence electrons. The molecule has 0 aliphatic rings. The highest BCUT2D eigenvalue weighted by molar-refractivity contribution is 7.21. The van der Waals surface area contributed by atoms with E-state index in [1.54, 1.807) is 23.5 Å². The third kappa shape index (κ3) is 2.39. The van der Waals surface area contributed by atoms with E-state index in [1.165, 1.54) is 6.07 Å². The number of nitrogens with zero attached hydrogens (tertiary/aromatic N) is 3. The molecule has 0 unspecified atom stereocenters. The van der Waals surface area contributed by atoms with Gasteiger partial charge in [0, 0.05) is 18.3 Å². The Morgan fingerprint density at radius 1 is 1.04 bits per heavy atom. The maximum absolute atomic E-state index is 11.0. The molecule has 0 aliphatic heterocycles. The molecule has 0 atom stereocenters. The molecule has 0 saturated carbocycles. The van der Waals surface area contributed by atoms with Gasteiger partial charge in [-0.15, -0.1) is 11.3 Å². The van der Waals surface area contributed by atoms with E-state index in [4.69, 9.17) is 0 Å². The molecule has 0 spiro atoms. The molecular formula is C17H11N3O2S. The lowest BCUT2D eigenvalue weighted by atomic mass is 10.2. The number of nitro benzene ring substituents is 1. The van der Waals surface area contributed by atoms with E-state index in [9.17, 15) is 10.1 Å². The topological polar surface area (TPSA) is 61.0 Å². The number of benzene rings is 2. The van der Waals surface area contributed by atoms with Gasteiger partial charge < -0.3 is 4.57 Å². The van der Waals surface area contributed by atoms with Gasteiger partial charge in [0.1, 0.15) is 5.01 Å². The van der Waals surface area contributed by atoms with Gasteiger partial charge in [0.15, 0.2) is 0 Å². The predicted octanol–water partition coefficient (Wildman–Crippen LogP) is 4.66. The van der Waals surface area contributed by atoms with Crippen LogP contribution in [0.1, 0.15) is 0 Å². The molecule has 0 fully saturated rings. The van der Waals surface area contributed by atoms with Gasteiger partial charge in [-0.25, -0.2) is 4.98 Å². The Hall–Kier alpha value is -2.99. The van der Waals surface area contributed by atoms with Crippen molar-refractivity contribution in [3.63, 3.8) is 0 Å². The first kappa shape index (κ1) is 13.7. The number of fused-ring (bicyclic) bond motifs is 1. The second kappa shape index (κ2) is 5.33. The van der Waals surface area contributed by atoms with E-state index < -0.39 is 0 Å². The van der Waals surface area contributed by atoms with E-state index in [-0.39, 0.29) is 10.6 Å². The highest BCUT2D eigenvalue weighted by Crippen LogP contribution is 2.32. The fourth-order valence-corrected chi connectivity index (χ4v) is 3.51. The Labute approximate surface area is 135 Å². The summed E-state index contributed by atoms with van der Waals surface area (Å²) in [5.74, 6) is 0. The van der Waals surface area contributed by atoms with Crippen LogP contribution in [0, 0.1) is 10.1 Å². The molecule has 2 aromatic heterocycles. The molecule has 5 nitrogen and oxygen atoms in total. The monoisotopic (exact) mass is 321 g/mol. The molecule has 2 heterocycles. The molecule has 0 aliphatic carbocycles. The van der Waals surface area contributed by atoms with Crippen LogP contribution in [0.2, 0.25) is 0 Å². The SMILES string of the molecule is O=[N+]([O-])c1cccc(-n2cccc2-c2nc3ccccc3s2)c1. The van der Waals surface area contributed by atoms with Crippen LogP contribution in [0.25, 0.3) is 26.6 Å². The second-order valence-corrected chi connectivity index (χ2v) is 6.06. The highest BCUT2D eigenvalue weighted by Gasteiger charge is 2.13. The molecule has 6 heteroatoms. The van der Waals surface area contributed by atoms with Gasteiger partial charge in [-0.1, -0.05) is 18.2 Å². The van der Waals surface area contributed by atoms with Gasteiger partial charge in [-0.3, -0.25) is 10.1 Å². The summed E-state index contributed by atoms with van der Waals surface area (Å²) in [6.07, 6.45) is 1.89. The summed E-state index contributed by atoms with van der Waals surface area (Å²) in [5.41, 5.74) is 2.70. The molecule has 0 N–H and O–H groups in total. The van der Waals surface area contributed by atoms with Gasteiger partial charge in [-0.05, 0) is 30.3 Å². The zero-order valence-corrected chi connectivity index (χ0v) is 12.7. The molecule has 0 amide bonds. The number of aromatic nitrogens is 2. The van der Waals surface area contributed by atoms with E-state index in [0.29, 0.717) is 0 Å². The summed E-state index contributed by atoms with van der Waals surface area (Å²) in [4.78, 5) is 15.3. The van der Waals surface area contributed by atoms with Crippen LogP contribution in [-0.2, 0) is 0 Å². The summed E-state index contributed by atoms with van der Waals surface area (Å²) in [6, 6.07) is 18.5. The molecule has 23 heavy (non-hydrogen) atoms. The molecule has 0 radical (unpaired) electrons. The average Bonchev–Trinajstić information content (AvgIpc) is 3.21. The van der Waals surface area contributed by atoms with E-state index in [2.05, 4.69) is 4.98 Å². The zero-order chi connectivity index (χ0) is 15.8. The van der Waals surface area contributed by atoms with Crippen molar-refractivity contribution < 1.29 is 4.92 Å². The number of para-hydroxylation sites is 1. The highest BCUT2D eigenvalue weighted by atomic mass is 32.1. The zero-order valence-electron chi connectivity index (χ0n) is 11.9. The molecule has 0 saturated heterocycles. The van der Waals surface area contributed by atoms with Crippen LogP contribution in [0.4, 0.5) is 5.69 Å². The number of hydrogen-bond donors (Lipinski definition) is 0. The van der Waals surface area contributed by atoms with Gasteiger partial charge in [0.05, 0.1) is 26.5 Å². The Kier molecular flexibility index (Phi) is 3.17. The van der Waals surface area contributed by atoms with E-state index in [1.807, 2.05) is 53.2 Å². The van der Waals surface area contributed by atoms with E-state index in [0.717, 1.165) is 26.6 Å². The first-order chi connectivity index (χ1) is 11.2. The van der Waals surface area contributed by atoms with Crippen LogP contribution in [0.15, 0.2) is 66.9 Å². The van der Waals surface area contributed by atoms with Crippen molar-refractivity contribution in [2.45, 2.75) is 0 Å². The first-order valence-electron chi connectivity index (χ1n) is 7.00. The lowest BCUT2D eigenvalue weighted by Crippen LogP contribution is -1.96. The fourth-order valence-electron chi connectivity index (χ4n) is 2.52. The Balaban J connectivity index is 1.85. The molecular weight excluding hydrogens is 310 g/mol. The summed E-state index contributed by atoms with van der Waals surface area (Å²) in [6.45, 7) is 0. The fraction of sp³-hybridized carbons (Fsp3) is 0. The van der Waals surface area contributed by atoms with Gasteiger partial charge in [0.2, 0.25) is 0 Å². The molecule has 2 aromatic carbocycles. The minimum absolute atomic E-state index is 0.0754. The predicted molar refractivity (Wildman–Crippen MR) is 91.0 cm³/mol. The molecule has 4 aromatic rings. The smallest absolute Gasteiger partial charge is 0.271 e. The van der Waals surface area contributed by atoms with Crippen molar-refractivity contribution in [2.75, 3.05) is 0 Å². The second-order valence-electron chi connectivity index (χ2n) is 5.03. The Morgan fingerprint density at radius 2 is 1.91 bits per heavy atom. The summed E-state index contributed by atoms with van der Waals surface area (Å²) >= 11 is 1.61.